The number of nitrogens with one attached hydrogen (secondary N) is 1. The molecule has 1 atom stereocenters. The minimum absolute atomic E-state index is 0.161. The van der Waals surface area contributed by atoms with Crippen molar-refractivity contribution in [3.63, 3.8) is 0 Å². The number of hydrogen-bond acceptors (Lipinski definition) is 3. The van der Waals surface area contributed by atoms with Gasteiger partial charge in [-0.25, -0.2) is 0 Å². The zero-order valence-electron chi connectivity index (χ0n) is 13.8. The van der Waals surface area contributed by atoms with E-state index in [1.807, 2.05) is 20.0 Å². The second-order valence-electron chi connectivity index (χ2n) is 6.34. The van der Waals surface area contributed by atoms with Crippen molar-refractivity contribution < 1.29 is 4.79 Å². The van der Waals surface area contributed by atoms with Gasteiger partial charge in [-0.05, 0) is 48.9 Å². The SMILES string of the molecule is CC=C1N[C@](C)(Cc2cccc(-c3cccs3)c2)CC(=O)N1C. The normalized spacial score (nSPS) is 23.2. The third kappa shape index (κ3) is 3.32. The van der Waals surface area contributed by atoms with Gasteiger partial charge in [0.25, 0.3) is 0 Å². The van der Waals surface area contributed by atoms with Gasteiger partial charge >= 0.3 is 0 Å². The smallest absolute Gasteiger partial charge is 0.230 e. The fourth-order valence-corrected chi connectivity index (χ4v) is 3.85. The molecule has 0 spiro atoms. The number of carbonyl (C=O) groups excluding carboxylic acids is 1. The summed E-state index contributed by atoms with van der Waals surface area (Å²) >= 11 is 1.75. The molecule has 23 heavy (non-hydrogen) atoms. The summed E-state index contributed by atoms with van der Waals surface area (Å²) in [5, 5.41) is 5.63. The van der Waals surface area contributed by atoms with Crippen molar-refractivity contribution in [1.82, 2.24) is 10.2 Å². The van der Waals surface area contributed by atoms with Gasteiger partial charge in [-0.3, -0.25) is 4.79 Å². The van der Waals surface area contributed by atoms with Crippen LogP contribution in [0.25, 0.3) is 10.4 Å². The van der Waals surface area contributed by atoms with Crippen LogP contribution in [-0.4, -0.2) is 23.4 Å². The number of carbonyl (C=O) groups is 1. The fraction of sp³-hybridized carbons (Fsp3) is 0.316. The van der Waals surface area contributed by atoms with E-state index in [1.54, 1.807) is 16.2 Å². The minimum Gasteiger partial charge on any atom is -0.366 e. The Bertz CT molecular complexity index is 736. The van der Waals surface area contributed by atoms with E-state index in [2.05, 4.69) is 54.0 Å². The number of benzene rings is 1. The molecule has 1 saturated heterocycles. The van der Waals surface area contributed by atoms with E-state index < -0.39 is 0 Å². The fourth-order valence-electron chi connectivity index (χ4n) is 3.12. The van der Waals surface area contributed by atoms with E-state index >= 15 is 0 Å². The number of nitrogens with zero attached hydrogens (tertiary/aromatic N) is 1. The summed E-state index contributed by atoms with van der Waals surface area (Å²) in [5.74, 6) is 1.05. The van der Waals surface area contributed by atoms with Gasteiger partial charge in [0.2, 0.25) is 5.91 Å². The molecule has 3 nitrogen and oxygen atoms in total. The Balaban J connectivity index is 1.84. The number of rotatable bonds is 3. The average Bonchev–Trinajstić information content (AvgIpc) is 3.05. The molecule has 1 amide bonds. The molecule has 0 aliphatic carbocycles. The Morgan fingerprint density at radius 1 is 1.35 bits per heavy atom. The Kier molecular flexibility index (Phi) is 4.26. The van der Waals surface area contributed by atoms with Crippen molar-refractivity contribution in [3.05, 3.63) is 59.2 Å². The van der Waals surface area contributed by atoms with Crippen LogP contribution in [0.3, 0.4) is 0 Å². The molecular formula is C19H22N2OS. The standard InChI is InChI=1S/C19H22N2OS/c1-4-17-20-19(2,13-18(22)21(17)3)12-14-7-5-8-15(11-14)16-9-6-10-23-16/h4-11,20H,12-13H2,1-3H3/t19-/m1/s1. The van der Waals surface area contributed by atoms with Crippen molar-refractivity contribution in [2.75, 3.05) is 7.05 Å². The highest BCUT2D eigenvalue weighted by atomic mass is 32.1. The molecule has 1 aliphatic heterocycles. The van der Waals surface area contributed by atoms with Crippen molar-refractivity contribution in [2.24, 2.45) is 0 Å². The maximum Gasteiger partial charge on any atom is 0.230 e. The summed E-state index contributed by atoms with van der Waals surface area (Å²) in [6, 6.07) is 12.8. The number of allylic oxidation sites excluding steroid dienone is 1. The van der Waals surface area contributed by atoms with Gasteiger partial charge in [-0.1, -0.05) is 30.3 Å². The minimum atomic E-state index is -0.250. The molecule has 2 aromatic rings. The van der Waals surface area contributed by atoms with E-state index in [4.69, 9.17) is 0 Å². The summed E-state index contributed by atoms with van der Waals surface area (Å²) < 4.78 is 0. The number of thiophene rings is 1. The highest BCUT2D eigenvalue weighted by Gasteiger charge is 2.35. The number of hydrogen-bond donors (Lipinski definition) is 1. The molecule has 0 saturated carbocycles. The van der Waals surface area contributed by atoms with Crippen LogP contribution in [0.15, 0.2) is 53.7 Å². The van der Waals surface area contributed by atoms with Crippen molar-refractivity contribution >= 4 is 17.2 Å². The summed E-state index contributed by atoms with van der Waals surface area (Å²) in [5.41, 5.74) is 2.24. The lowest BCUT2D eigenvalue weighted by Gasteiger charge is -2.41. The lowest BCUT2D eigenvalue weighted by Crippen LogP contribution is -2.55. The first-order valence-electron chi connectivity index (χ1n) is 7.85. The maximum absolute atomic E-state index is 12.3. The highest BCUT2D eigenvalue weighted by molar-refractivity contribution is 7.13. The van der Waals surface area contributed by atoms with Crippen LogP contribution in [0.1, 0.15) is 25.8 Å². The van der Waals surface area contributed by atoms with Crippen LogP contribution in [0, 0.1) is 0 Å². The first-order chi connectivity index (χ1) is 11.0. The molecule has 4 heteroatoms. The lowest BCUT2D eigenvalue weighted by molar-refractivity contribution is -0.132. The van der Waals surface area contributed by atoms with Crippen molar-refractivity contribution in [2.45, 2.75) is 32.2 Å². The third-order valence-electron chi connectivity index (χ3n) is 4.31. The Morgan fingerprint density at radius 3 is 2.87 bits per heavy atom. The zero-order chi connectivity index (χ0) is 16.4. The van der Waals surface area contributed by atoms with Gasteiger partial charge in [-0.15, -0.1) is 11.3 Å². The Morgan fingerprint density at radius 2 is 2.17 bits per heavy atom. The molecule has 1 aliphatic rings. The molecule has 1 fully saturated rings. The van der Waals surface area contributed by atoms with Gasteiger partial charge in [0, 0.05) is 17.5 Å². The lowest BCUT2D eigenvalue weighted by atomic mass is 9.86. The summed E-state index contributed by atoms with van der Waals surface area (Å²) in [6.07, 6.45) is 3.28. The second kappa shape index (κ2) is 6.20. The first-order valence-corrected chi connectivity index (χ1v) is 8.72. The van der Waals surface area contributed by atoms with Crippen molar-refractivity contribution in [3.8, 4) is 10.4 Å². The molecule has 0 unspecified atom stereocenters. The molecule has 1 aromatic heterocycles. The van der Waals surface area contributed by atoms with E-state index in [0.717, 1.165) is 12.2 Å². The molecular weight excluding hydrogens is 304 g/mol. The highest BCUT2D eigenvalue weighted by Crippen LogP contribution is 2.29. The predicted octanol–water partition coefficient (Wildman–Crippen LogP) is 4.03. The van der Waals surface area contributed by atoms with Crippen LogP contribution in [0.4, 0.5) is 0 Å². The van der Waals surface area contributed by atoms with Gasteiger partial charge < -0.3 is 10.2 Å². The molecule has 3 rings (SSSR count). The largest absolute Gasteiger partial charge is 0.366 e. The Hall–Kier alpha value is -2.07. The van der Waals surface area contributed by atoms with Gasteiger partial charge in [-0.2, -0.15) is 0 Å². The topological polar surface area (TPSA) is 32.3 Å². The number of amides is 1. The zero-order valence-corrected chi connectivity index (χ0v) is 14.6. The van der Waals surface area contributed by atoms with Crippen LogP contribution in [0.5, 0.6) is 0 Å². The molecule has 1 N–H and O–H groups in total. The van der Waals surface area contributed by atoms with Crippen molar-refractivity contribution in [1.29, 1.82) is 0 Å². The van der Waals surface area contributed by atoms with E-state index in [0.29, 0.717) is 6.42 Å². The molecule has 2 heterocycles. The molecule has 0 bridgehead atoms. The van der Waals surface area contributed by atoms with Crippen LogP contribution in [-0.2, 0) is 11.2 Å². The Labute approximate surface area is 141 Å². The second-order valence-corrected chi connectivity index (χ2v) is 7.29. The summed E-state index contributed by atoms with van der Waals surface area (Å²) in [7, 11) is 1.82. The maximum atomic E-state index is 12.3. The van der Waals surface area contributed by atoms with E-state index in [-0.39, 0.29) is 11.4 Å². The summed E-state index contributed by atoms with van der Waals surface area (Å²) in [4.78, 5) is 15.2. The monoisotopic (exact) mass is 326 g/mol. The molecule has 1 aromatic carbocycles. The molecule has 120 valence electrons. The first kappa shape index (κ1) is 15.8. The van der Waals surface area contributed by atoms with E-state index in [9.17, 15) is 4.79 Å². The average molecular weight is 326 g/mol. The van der Waals surface area contributed by atoms with E-state index in [1.165, 1.54) is 16.0 Å². The van der Waals surface area contributed by atoms with Gasteiger partial charge in [0.1, 0.15) is 5.82 Å². The van der Waals surface area contributed by atoms with Gasteiger partial charge in [0.15, 0.2) is 0 Å². The third-order valence-corrected chi connectivity index (χ3v) is 5.23. The van der Waals surface area contributed by atoms with Gasteiger partial charge in [0.05, 0.1) is 6.42 Å². The van der Waals surface area contributed by atoms with Crippen LogP contribution in [0.2, 0.25) is 0 Å². The van der Waals surface area contributed by atoms with Crippen LogP contribution >= 0.6 is 11.3 Å². The summed E-state index contributed by atoms with van der Waals surface area (Å²) in [6.45, 7) is 4.08. The van der Waals surface area contributed by atoms with Crippen LogP contribution < -0.4 is 5.32 Å². The predicted molar refractivity (Wildman–Crippen MR) is 96.1 cm³/mol. The quantitative estimate of drug-likeness (QED) is 0.923. The molecule has 0 radical (unpaired) electrons.